The van der Waals surface area contributed by atoms with E-state index in [2.05, 4.69) is 29.4 Å². The summed E-state index contributed by atoms with van der Waals surface area (Å²) in [6.07, 6.45) is 2.44. The molecule has 0 saturated carbocycles. The van der Waals surface area contributed by atoms with Crippen molar-refractivity contribution in [1.29, 1.82) is 0 Å². The molecule has 3 aromatic rings. The number of fused-ring (bicyclic) bond motifs is 1. The van der Waals surface area contributed by atoms with Gasteiger partial charge in [0.15, 0.2) is 5.13 Å². The number of para-hydroxylation sites is 1. The van der Waals surface area contributed by atoms with Crippen LogP contribution in [0.2, 0.25) is 5.02 Å². The summed E-state index contributed by atoms with van der Waals surface area (Å²) in [5, 5.41) is 1.70. The average molecular weight is 418 g/mol. The van der Waals surface area contributed by atoms with Crippen LogP contribution in [0.25, 0.3) is 10.2 Å². The fourth-order valence-electron chi connectivity index (χ4n) is 3.28. The lowest BCUT2D eigenvalue weighted by Crippen LogP contribution is -2.49. The molecule has 2 heterocycles. The van der Waals surface area contributed by atoms with Crippen molar-refractivity contribution < 1.29 is 4.79 Å². The number of aromatic nitrogens is 1. The van der Waals surface area contributed by atoms with Crippen molar-refractivity contribution in [2.75, 3.05) is 37.3 Å². The van der Waals surface area contributed by atoms with E-state index in [9.17, 15) is 4.79 Å². The quantitative estimate of drug-likeness (QED) is 0.583. The summed E-state index contributed by atoms with van der Waals surface area (Å²) in [4.78, 5) is 22.9. The molecule has 2 aromatic carbocycles. The minimum Gasteiger partial charge on any atom is -0.345 e. The van der Waals surface area contributed by atoms with E-state index in [0.29, 0.717) is 24.5 Å². The topological polar surface area (TPSA) is 36.4 Å². The summed E-state index contributed by atoms with van der Waals surface area (Å²) in [6.45, 7) is 3.05. The predicted octanol–water partition coefficient (Wildman–Crippen LogP) is 4.56. The standard InChI is InChI=1S/C20H20ClN3OS2/c1-26-16-7-4-8-17-19(16)22-20(27-17)24-11-9-23(10-12-24)18(25)13-14-5-2-3-6-15(14)21/h2-8H,9-13H2,1H3. The average Bonchev–Trinajstić information content (AvgIpc) is 3.14. The maximum absolute atomic E-state index is 12.6. The van der Waals surface area contributed by atoms with Gasteiger partial charge in [-0.1, -0.05) is 47.2 Å². The summed E-state index contributed by atoms with van der Waals surface area (Å²) >= 11 is 9.64. The predicted molar refractivity (Wildman–Crippen MR) is 115 cm³/mol. The highest BCUT2D eigenvalue weighted by atomic mass is 35.5. The lowest BCUT2D eigenvalue weighted by atomic mass is 10.1. The van der Waals surface area contributed by atoms with E-state index >= 15 is 0 Å². The first-order chi connectivity index (χ1) is 13.2. The van der Waals surface area contributed by atoms with E-state index in [1.54, 1.807) is 23.1 Å². The van der Waals surface area contributed by atoms with Gasteiger partial charge >= 0.3 is 0 Å². The molecule has 1 aliphatic heterocycles. The molecule has 0 bridgehead atoms. The van der Waals surface area contributed by atoms with Crippen LogP contribution in [0.5, 0.6) is 0 Å². The number of halogens is 1. The highest BCUT2D eigenvalue weighted by Gasteiger charge is 2.23. The Hall–Kier alpha value is -1.76. The molecular formula is C20H20ClN3OS2. The van der Waals surface area contributed by atoms with E-state index in [4.69, 9.17) is 16.6 Å². The van der Waals surface area contributed by atoms with Gasteiger partial charge in [0.2, 0.25) is 5.91 Å². The molecule has 4 nitrogen and oxygen atoms in total. The van der Waals surface area contributed by atoms with E-state index < -0.39 is 0 Å². The minimum absolute atomic E-state index is 0.136. The molecule has 0 N–H and O–H groups in total. The number of hydrogen-bond acceptors (Lipinski definition) is 5. The lowest BCUT2D eigenvalue weighted by Gasteiger charge is -2.34. The third kappa shape index (κ3) is 3.93. The van der Waals surface area contributed by atoms with Gasteiger partial charge in [0.05, 0.1) is 16.6 Å². The Morgan fingerprint density at radius 3 is 2.67 bits per heavy atom. The summed E-state index contributed by atoms with van der Waals surface area (Å²) < 4.78 is 1.22. The molecule has 0 radical (unpaired) electrons. The number of benzene rings is 2. The minimum atomic E-state index is 0.136. The molecule has 0 spiro atoms. The molecule has 0 aliphatic carbocycles. The van der Waals surface area contributed by atoms with Crippen molar-refractivity contribution in [1.82, 2.24) is 9.88 Å². The Balaban J connectivity index is 1.41. The van der Waals surface area contributed by atoms with Gasteiger partial charge in [0.1, 0.15) is 0 Å². The molecule has 27 heavy (non-hydrogen) atoms. The number of nitrogens with zero attached hydrogens (tertiary/aromatic N) is 3. The molecule has 1 aliphatic rings. The van der Waals surface area contributed by atoms with E-state index in [1.165, 1.54) is 9.60 Å². The van der Waals surface area contributed by atoms with Crippen LogP contribution in [0.4, 0.5) is 5.13 Å². The zero-order chi connectivity index (χ0) is 18.8. The summed E-state index contributed by atoms with van der Waals surface area (Å²) in [5.74, 6) is 0.136. The zero-order valence-electron chi connectivity index (χ0n) is 15.0. The zero-order valence-corrected chi connectivity index (χ0v) is 17.4. The second kappa shape index (κ2) is 8.09. The summed E-state index contributed by atoms with van der Waals surface area (Å²) in [7, 11) is 0. The lowest BCUT2D eigenvalue weighted by molar-refractivity contribution is -0.130. The van der Waals surface area contributed by atoms with Crippen LogP contribution < -0.4 is 4.90 Å². The Morgan fingerprint density at radius 2 is 1.93 bits per heavy atom. The Morgan fingerprint density at radius 1 is 1.15 bits per heavy atom. The number of piperazine rings is 1. The molecule has 1 saturated heterocycles. The van der Waals surface area contributed by atoms with Gasteiger partial charge in [-0.3, -0.25) is 4.79 Å². The highest BCUT2D eigenvalue weighted by molar-refractivity contribution is 7.98. The number of carbonyl (C=O) groups excluding carboxylic acids is 1. The smallest absolute Gasteiger partial charge is 0.227 e. The van der Waals surface area contributed by atoms with Crippen LogP contribution in [0.15, 0.2) is 47.4 Å². The maximum atomic E-state index is 12.6. The number of carbonyl (C=O) groups is 1. The van der Waals surface area contributed by atoms with Gasteiger partial charge in [-0.25, -0.2) is 4.98 Å². The van der Waals surface area contributed by atoms with Crippen LogP contribution in [0.3, 0.4) is 0 Å². The van der Waals surface area contributed by atoms with Gasteiger partial charge in [-0.15, -0.1) is 11.8 Å². The van der Waals surface area contributed by atoms with Gasteiger partial charge in [0.25, 0.3) is 0 Å². The number of anilines is 1. The van der Waals surface area contributed by atoms with Gasteiger partial charge in [0, 0.05) is 36.1 Å². The maximum Gasteiger partial charge on any atom is 0.227 e. The van der Waals surface area contributed by atoms with Crippen molar-refractivity contribution in [3.05, 3.63) is 53.1 Å². The monoisotopic (exact) mass is 417 g/mol. The van der Waals surface area contributed by atoms with Crippen LogP contribution in [-0.2, 0) is 11.2 Å². The molecule has 140 valence electrons. The van der Waals surface area contributed by atoms with Gasteiger partial charge in [-0.05, 0) is 30.0 Å². The third-order valence-electron chi connectivity index (χ3n) is 4.79. The molecule has 1 aromatic heterocycles. The van der Waals surface area contributed by atoms with Crippen LogP contribution in [0.1, 0.15) is 5.56 Å². The largest absolute Gasteiger partial charge is 0.345 e. The Bertz CT molecular complexity index is 967. The van der Waals surface area contributed by atoms with E-state index in [0.717, 1.165) is 29.3 Å². The fraction of sp³-hybridized carbons (Fsp3) is 0.300. The number of amides is 1. The molecular weight excluding hydrogens is 398 g/mol. The normalized spacial score (nSPS) is 14.7. The van der Waals surface area contributed by atoms with Crippen molar-refractivity contribution in [3.63, 3.8) is 0 Å². The third-order valence-corrected chi connectivity index (χ3v) is 7.01. The molecule has 4 rings (SSSR count). The van der Waals surface area contributed by atoms with Crippen LogP contribution in [0, 0.1) is 0 Å². The molecule has 1 amide bonds. The van der Waals surface area contributed by atoms with Crippen LogP contribution >= 0.6 is 34.7 Å². The first-order valence-electron chi connectivity index (χ1n) is 8.85. The van der Waals surface area contributed by atoms with E-state index in [1.807, 2.05) is 29.2 Å². The molecule has 7 heteroatoms. The number of thioether (sulfide) groups is 1. The van der Waals surface area contributed by atoms with E-state index in [-0.39, 0.29) is 5.91 Å². The second-order valence-electron chi connectivity index (χ2n) is 6.44. The Labute approximate surface area is 172 Å². The van der Waals surface area contributed by atoms with Gasteiger partial charge < -0.3 is 9.80 Å². The molecule has 0 unspecified atom stereocenters. The second-order valence-corrected chi connectivity index (χ2v) is 8.70. The van der Waals surface area contributed by atoms with Crippen molar-refractivity contribution in [3.8, 4) is 0 Å². The highest BCUT2D eigenvalue weighted by Crippen LogP contribution is 2.34. The van der Waals surface area contributed by atoms with Gasteiger partial charge in [-0.2, -0.15) is 0 Å². The number of hydrogen-bond donors (Lipinski definition) is 0. The fourth-order valence-corrected chi connectivity index (χ4v) is 5.15. The first-order valence-corrected chi connectivity index (χ1v) is 11.3. The SMILES string of the molecule is CSc1cccc2sc(N3CCN(C(=O)Cc4ccccc4Cl)CC3)nc12. The summed E-state index contributed by atoms with van der Waals surface area (Å²) in [6, 6.07) is 13.9. The van der Waals surface area contributed by atoms with Crippen LogP contribution in [-0.4, -0.2) is 48.2 Å². The first kappa shape index (κ1) is 18.6. The number of thiazole rings is 1. The Kier molecular flexibility index (Phi) is 5.57. The van der Waals surface area contributed by atoms with Crippen molar-refractivity contribution in [2.45, 2.75) is 11.3 Å². The molecule has 0 atom stereocenters. The summed E-state index contributed by atoms with van der Waals surface area (Å²) in [5.41, 5.74) is 1.98. The number of rotatable bonds is 4. The van der Waals surface area contributed by atoms with Crippen molar-refractivity contribution >= 4 is 56.0 Å². The van der Waals surface area contributed by atoms with Crippen molar-refractivity contribution in [2.24, 2.45) is 0 Å². The molecule has 1 fully saturated rings.